The molecule has 186 valence electrons. The summed E-state index contributed by atoms with van der Waals surface area (Å²) in [6.45, 7) is 0.549. The van der Waals surface area contributed by atoms with Crippen molar-refractivity contribution in [2.24, 2.45) is 0 Å². The first-order valence-electron chi connectivity index (χ1n) is 11.6. The van der Waals surface area contributed by atoms with Gasteiger partial charge < -0.3 is 9.47 Å². The molecule has 8 nitrogen and oxygen atoms in total. The van der Waals surface area contributed by atoms with Crippen molar-refractivity contribution in [2.75, 3.05) is 5.75 Å². The first-order valence-corrected chi connectivity index (χ1v) is 12.6. The molecule has 1 N–H and O–H groups in total. The van der Waals surface area contributed by atoms with E-state index in [4.69, 9.17) is 9.47 Å². The van der Waals surface area contributed by atoms with Crippen LogP contribution in [0.3, 0.4) is 0 Å². The largest absolute Gasteiger partial charge is 0.487 e. The van der Waals surface area contributed by atoms with E-state index in [9.17, 15) is 8.78 Å². The third kappa shape index (κ3) is 4.94. The maximum atomic E-state index is 13.7. The molecule has 0 amide bonds. The van der Waals surface area contributed by atoms with Gasteiger partial charge in [0.2, 0.25) is 0 Å². The molecule has 1 aliphatic heterocycles. The number of fused-ring (bicyclic) bond motifs is 3. The van der Waals surface area contributed by atoms with Crippen molar-refractivity contribution in [3.05, 3.63) is 101 Å². The lowest BCUT2D eigenvalue weighted by Gasteiger charge is -2.19. The number of rotatable bonds is 7. The topological polar surface area (TPSA) is 98.7 Å². The minimum Gasteiger partial charge on any atom is -0.487 e. The summed E-state index contributed by atoms with van der Waals surface area (Å²) in [6.07, 6.45) is 2.46. The van der Waals surface area contributed by atoms with E-state index in [1.807, 2.05) is 24.3 Å². The molecule has 0 spiro atoms. The van der Waals surface area contributed by atoms with Gasteiger partial charge in [-0.2, -0.15) is 0 Å². The van der Waals surface area contributed by atoms with Gasteiger partial charge in [-0.3, -0.25) is 4.98 Å². The highest BCUT2D eigenvalue weighted by Gasteiger charge is 2.26. The smallest absolute Gasteiger partial charge is 0.161 e. The number of ether oxygens (including phenoxy) is 2. The highest BCUT2D eigenvalue weighted by Crippen LogP contribution is 2.45. The second-order valence-corrected chi connectivity index (χ2v) is 9.64. The van der Waals surface area contributed by atoms with Crippen LogP contribution in [0.25, 0.3) is 10.9 Å². The van der Waals surface area contributed by atoms with Crippen LogP contribution in [0.15, 0.2) is 60.8 Å². The van der Waals surface area contributed by atoms with Crippen molar-refractivity contribution in [3.63, 3.8) is 0 Å². The maximum absolute atomic E-state index is 13.7. The Morgan fingerprint density at radius 3 is 2.86 bits per heavy atom. The van der Waals surface area contributed by atoms with Gasteiger partial charge in [0.05, 0.1) is 22.2 Å². The zero-order chi connectivity index (χ0) is 25.2. The van der Waals surface area contributed by atoms with Crippen LogP contribution in [0.2, 0.25) is 0 Å². The van der Waals surface area contributed by atoms with Crippen molar-refractivity contribution in [2.45, 2.75) is 24.9 Å². The Labute approximate surface area is 214 Å². The van der Waals surface area contributed by atoms with Crippen LogP contribution in [0.4, 0.5) is 8.78 Å². The summed E-state index contributed by atoms with van der Waals surface area (Å²) in [5.74, 6) is 1.09. The summed E-state index contributed by atoms with van der Waals surface area (Å²) in [4.78, 5) is 8.96. The van der Waals surface area contributed by atoms with E-state index in [2.05, 4.69) is 36.7 Å². The summed E-state index contributed by atoms with van der Waals surface area (Å²) in [5, 5.41) is 14.5. The first-order chi connectivity index (χ1) is 18.1. The summed E-state index contributed by atoms with van der Waals surface area (Å²) in [6, 6.07) is 15.4. The fourth-order valence-electron chi connectivity index (χ4n) is 4.21. The molecule has 1 unspecified atom stereocenters. The van der Waals surface area contributed by atoms with E-state index >= 15 is 0 Å². The molecule has 0 saturated carbocycles. The third-order valence-electron chi connectivity index (χ3n) is 6.02. The molecule has 1 atom stereocenters. The number of hydrogen-bond donors (Lipinski definition) is 1. The lowest BCUT2D eigenvalue weighted by atomic mass is 10.0. The number of aromatic nitrogens is 6. The van der Waals surface area contributed by atoms with E-state index in [1.54, 1.807) is 30.1 Å². The van der Waals surface area contributed by atoms with Gasteiger partial charge in [-0.15, -0.1) is 16.9 Å². The number of aryl methyl sites for hydroxylation is 1. The molecule has 11 heteroatoms. The number of aromatic amines is 1. The molecule has 6 rings (SSSR count). The fraction of sp³-hybridized carbons (Fsp3) is 0.192. The molecule has 0 fully saturated rings. The van der Waals surface area contributed by atoms with Crippen molar-refractivity contribution < 1.29 is 18.3 Å². The zero-order valence-corrected chi connectivity index (χ0v) is 20.2. The van der Waals surface area contributed by atoms with Crippen LogP contribution in [-0.2, 0) is 19.6 Å². The number of thioether (sulfide) groups is 1. The van der Waals surface area contributed by atoms with E-state index in [0.717, 1.165) is 46.3 Å². The molecule has 3 aromatic heterocycles. The van der Waals surface area contributed by atoms with Gasteiger partial charge in [-0.05, 0) is 52.4 Å². The molecule has 1 aliphatic rings. The van der Waals surface area contributed by atoms with Crippen LogP contribution in [0, 0.1) is 11.6 Å². The Morgan fingerprint density at radius 2 is 1.97 bits per heavy atom. The van der Waals surface area contributed by atoms with Crippen molar-refractivity contribution in [1.82, 2.24) is 30.6 Å². The van der Waals surface area contributed by atoms with Gasteiger partial charge in [0.1, 0.15) is 30.5 Å². The Morgan fingerprint density at radius 1 is 1.05 bits per heavy atom. The van der Waals surface area contributed by atoms with E-state index in [0.29, 0.717) is 35.4 Å². The Kier molecular flexibility index (Phi) is 6.35. The van der Waals surface area contributed by atoms with E-state index < -0.39 is 11.6 Å². The molecule has 0 bridgehead atoms. The Hall–Kier alpha value is -4.12. The Bertz CT molecular complexity index is 1570. The minimum atomic E-state index is -0.929. The van der Waals surface area contributed by atoms with Crippen LogP contribution in [-0.4, -0.2) is 36.3 Å². The molecule has 2 aromatic carbocycles. The molecule has 0 radical (unpaired) electrons. The van der Waals surface area contributed by atoms with Gasteiger partial charge in [0.15, 0.2) is 11.6 Å². The van der Waals surface area contributed by atoms with Crippen LogP contribution < -0.4 is 9.47 Å². The zero-order valence-electron chi connectivity index (χ0n) is 19.4. The van der Waals surface area contributed by atoms with E-state index in [-0.39, 0.29) is 11.9 Å². The average molecular weight is 519 g/mol. The predicted molar refractivity (Wildman–Crippen MR) is 133 cm³/mol. The van der Waals surface area contributed by atoms with Gasteiger partial charge in [0.25, 0.3) is 0 Å². The highest BCUT2D eigenvalue weighted by molar-refractivity contribution is 7.99. The number of pyridine rings is 2. The third-order valence-corrected chi connectivity index (χ3v) is 7.31. The molecule has 37 heavy (non-hydrogen) atoms. The summed E-state index contributed by atoms with van der Waals surface area (Å²) in [7, 11) is 0. The van der Waals surface area contributed by atoms with Crippen molar-refractivity contribution >= 4 is 22.7 Å². The molecule has 5 aromatic rings. The molecular weight excluding hydrogens is 498 g/mol. The molecule has 0 aliphatic carbocycles. The van der Waals surface area contributed by atoms with Gasteiger partial charge in [0, 0.05) is 35.4 Å². The lowest BCUT2D eigenvalue weighted by Crippen LogP contribution is -2.04. The summed E-state index contributed by atoms with van der Waals surface area (Å²) in [5.41, 5.74) is 3.94. The van der Waals surface area contributed by atoms with Gasteiger partial charge in [-0.25, -0.2) is 18.9 Å². The summed E-state index contributed by atoms with van der Waals surface area (Å²) < 4.78 is 39.3. The maximum Gasteiger partial charge on any atom is 0.161 e. The lowest BCUT2D eigenvalue weighted by molar-refractivity contribution is 0.293. The molecular formula is C26H20F2N6O2S. The van der Waals surface area contributed by atoms with Crippen LogP contribution >= 0.6 is 11.8 Å². The number of H-pyrrole nitrogens is 1. The number of nitrogens with one attached hydrogen (secondary N) is 1. The predicted octanol–water partition coefficient (Wildman–Crippen LogP) is 4.96. The number of halogens is 2. The fourth-order valence-corrected chi connectivity index (χ4v) is 5.52. The monoisotopic (exact) mass is 518 g/mol. The van der Waals surface area contributed by atoms with Crippen LogP contribution in [0.1, 0.15) is 33.6 Å². The number of hydrogen-bond acceptors (Lipinski definition) is 8. The Balaban J connectivity index is 1.25. The first kappa shape index (κ1) is 23.3. The highest BCUT2D eigenvalue weighted by atomic mass is 32.2. The van der Waals surface area contributed by atoms with Crippen molar-refractivity contribution in [1.29, 1.82) is 0 Å². The number of tetrazole rings is 1. The molecule has 0 saturated heterocycles. The van der Waals surface area contributed by atoms with Crippen LogP contribution in [0.5, 0.6) is 11.5 Å². The standard InChI is InChI=1S/C26H20F2N6O2S/c27-20-10-15-3-4-16(30-22(15)12-21(20)28)13-35-17-5-6-24-19(11-17)26(37-9-7-25-31-33-34-32-25)18-2-1-8-29-23(18)14-36-24/h1-6,8,10-12,26H,7,9,13-14H2,(H,31,32,33,34). The molecule has 4 heterocycles. The number of benzene rings is 2. The summed E-state index contributed by atoms with van der Waals surface area (Å²) >= 11 is 1.75. The second kappa shape index (κ2) is 10.1. The quantitative estimate of drug-likeness (QED) is 0.323. The van der Waals surface area contributed by atoms with E-state index in [1.165, 1.54) is 0 Å². The van der Waals surface area contributed by atoms with Crippen molar-refractivity contribution in [3.8, 4) is 11.5 Å². The SMILES string of the molecule is Fc1cc2ccc(COc3ccc4c(c3)C(SCCc3nnn[nH]3)c3cccnc3CO4)nc2cc1F. The normalized spacial score (nSPS) is 14.5. The minimum absolute atomic E-state index is 0.0303. The second-order valence-electron chi connectivity index (χ2n) is 8.43. The number of nitrogens with zero attached hydrogens (tertiary/aromatic N) is 5. The average Bonchev–Trinajstić information content (AvgIpc) is 3.38. The van der Waals surface area contributed by atoms with Gasteiger partial charge in [-0.1, -0.05) is 12.1 Å². The van der Waals surface area contributed by atoms with Gasteiger partial charge >= 0.3 is 0 Å².